The van der Waals surface area contributed by atoms with Crippen molar-refractivity contribution < 1.29 is 77.2 Å². The minimum absolute atomic E-state index is 0. The number of carboxylic acid groups (broad SMARTS) is 2. The van der Waals surface area contributed by atoms with Gasteiger partial charge in [-0.25, -0.2) is 30.8 Å². The van der Waals surface area contributed by atoms with E-state index >= 15 is 0 Å². The van der Waals surface area contributed by atoms with Crippen LogP contribution in [-0.2, 0) is 19.7 Å². The number of carboxylic acids is 2. The van der Waals surface area contributed by atoms with Gasteiger partial charge in [-0.2, -0.15) is 39.8 Å². The summed E-state index contributed by atoms with van der Waals surface area (Å²) in [5.41, 5.74) is -1.29. The molecule has 2 aromatic carbocycles. The molecular formula is C22H25F7O10S3. The molecule has 0 amide bonds. The maximum Gasteiger partial charge on any atom is 0.425 e. The van der Waals surface area contributed by atoms with E-state index in [0.717, 1.165) is 55.8 Å². The molecule has 0 radical (unpaired) electrons. The Kier molecular flexibility index (Phi) is 15.0. The number of hydrogen-bond donors (Lipinski definition) is 3. The molecule has 3 N–H and O–H groups in total. The van der Waals surface area contributed by atoms with E-state index in [9.17, 15) is 57.2 Å². The van der Waals surface area contributed by atoms with E-state index in [1.807, 2.05) is 0 Å². The van der Waals surface area contributed by atoms with Gasteiger partial charge < -0.3 is 20.1 Å². The molecule has 0 heterocycles. The van der Waals surface area contributed by atoms with Crippen molar-refractivity contribution in [2.24, 2.45) is 0 Å². The Labute approximate surface area is 242 Å². The van der Waals surface area contributed by atoms with Gasteiger partial charge in [-0.15, -0.1) is 0 Å². The molecule has 0 aliphatic rings. The van der Waals surface area contributed by atoms with Crippen LogP contribution >= 0.6 is 13.5 Å². The Morgan fingerprint density at radius 1 is 0.762 bits per heavy atom. The fourth-order valence-corrected chi connectivity index (χ4v) is 3.46. The van der Waals surface area contributed by atoms with Crippen molar-refractivity contribution in [2.45, 2.75) is 48.2 Å². The van der Waals surface area contributed by atoms with Crippen LogP contribution in [-0.4, -0.2) is 81.2 Å². The van der Waals surface area contributed by atoms with Gasteiger partial charge in [0.05, 0.1) is 15.4 Å². The number of hydrogen-bond acceptors (Lipinski definition) is 8. The predicted octanol–water partition coefficient (Wildman–Crippen LogP) is 4.09. The van der Waals surface area contributed by atoms with E-state index in [1.165, 1.54) is 0 Å². The van der Waals surface area contributed by atoms with Crippen LogP contribution in [0.4, 0.5) is 30.7 Å². The summed E-state index contributed by atoms with van der Waals surface area (Å²) < 4.78 is 132. The average Bonchev–Trinajstić information content (AvgIpc) is 2.77. The van der Waals surface area contributed by atoms with Crippen LogP contribution in [0.25, 0.3) is 0 Å². The first-order valence-electron chi connectivity index (χ1n) is 10.5. The zero-order valence-electron chi connectivity index (χ0n) is 21.8. The second-order valence-electron chi connectivity index (χ2n) is 7.97. The highest BCUT2D eigenvalue weighted by atomic mass is 32.2. The van der Waals surface area contributed by atoms with Crippen molar-refractivity contribution in [3.05, 3.63) is 53.3 Å². The maximum absolute atomic E-state index is 12.8. The Bertz CT molecular complexity index is 1450. The number of aliphatic hydroxyl groups is 1. The largest absolute Gasteiger partial charge is 0.480 e. The van der Waals surface area contributed by atoms with E-state index in [1.54, 1.807) is 0 Å². The van der Waals surface area contributed by atoms with Crippen molar-refractivity contribution in [1.29, 1.82) is 0 Å². The number of sulfone groups is 2. The minimum atomic E-state index is -4.66. The topological polar surface area (TPSA) is 172 Å². The SMILES string of the molecule is CS(=O)(=O)c1ccc(F)c(C(=O)O)c1.C[C@H](O)C(F)(F)F.C[C@H](Oc1ccc(S(C)(=O)=O)cc1C(=O)O)C(F)(F)F.S. The van der Waals surface area contributed by atoms with Crippen molar-refractivity contribution >= 4 is 45.1 Å². The summed E-state index contributed by atoms with van der Waals surface area (Å²) >= 11 is 0. The molecule has 0 saturated heterocycles. The average molecular weight is 679 g/mol. The molecule has 10 nitrogen and oxygen atoms in total. The molecule has 2 aromatic rings. The first-order chi connectivity index (χ1) is 18.2. The summed E-state index contributed by atoms with van der Waals surface area (Å²) in [5.74, 6) is -4.58. The van der Waals surface area contributed by atoms with Crippen LogP contribution in [0.3, 0.4) is 0 Å². The van der Waals surface area contributed by atoms with E-state index in [4.69, 9.17) is 15.3 Å². The van der Waals surface area contributed by atoms with Crippen LogP contribution in [0.2, 0.25) is 0 Å². The van der Waals surface area contributed by atoms with E-state index < -0.39 is 78.9 Å². The number of benzene rings is 2. The number of ether oxygens (including phenoxy) is 1. The second kappa shape index (κ2) is 15.4. The van der Waals surface area contributed by atoms with Crippen LogP contribution in [0.5, 0.6) is 5.75 Å². The molecule has 240 valence electrons. The van der Waals surface area contributed by atoms with Crippen LogP contribution < -0.4 is 4.74 Å². The molecule has 2 atom stereocenters. The molecule has 0 bridgehead atoms. The molecule has 42 heavy (non-hydrogen) atoms. The molecule has 0 aliphatic heterocycles. The number of alkyl halides is 6. The number of halogens is 7. The molecule has 0 aliphatic carbocycles. The van der Waals surface area contributed by atoms with Gasteiger partial charge in [-0.05, 0) is 50.2 Å². The fraction of sp³-hybridized carbons (Fsp3) is 0.364. The third kappa shape index (κ3) is 13.7. The van der Waals surface area contributed by atoms with Gasteiger partial charge in [0.1, 0.15) is 23.2 Å². The lowest BCUT2D eigenvalue weighted by molar-refractivity contribution is -0.197. The second-order valence-corrected chi connectivity index (χ2v) is 12.0. The van der Waals surface area contributed by atoms with Gasteiger partial charge in [-0.1, -0.05) is 0 Å². The Hall–Kier alpha value is -3.10. The molecule has 0 aromatic heterocycles. The number of aliphatic hydroxyl groups excluding tert-OH is 1. The first-order valence-corrected chi connectivity index (χ1v) is 14.3. The van der Waals surface area contributed by atoms with E-state index in [0.29, 0.717) is 6.92 Å². The summed E-state index contributed by atoms with van der Waals surface area (Å²) in [6.07, 6.45) is -11.7. The molecule has 2 rings (SSSR count). The van der Waals surface area contributed by atoms with E-state index in [-0.39, 0.29) is 23.3 Å². The van der Waals surface area contributed by atoms with Gasteiger partial charge in [0.15, 0.2) is 25.8 Å². The van der Waals surface area contributed by atoms with Crippen LogP contribution in [0, 0.1) is 5.82 Å². The number of rotatable bonds is 6. The Morgan fingerprint density at radius 2 is 1.12 bits per heavy atom. The summed E-state index contributed by atoms with van der Waals surface area (Å²) in [6, 6.07) is 5.28. The molecule has 0 fully saturated rings. The van der Waals surface area contributed by atoms with Crippen molar-refractivity contribution in [1.82, 2.24) is 0 Å². The highest BCUT2D eigenvalue weighted by molar-refractivity contribution is 7.91. The van der Waals surface area contributed by atoms with Crippen molar-refractivity contribution in [3.8, 4) is 5.75 Å². The highest BCUT2D eigenvalue weighted by Gasteiger charge is 2.38. The lowest BCUT2D eigenvalue weighted by Crippen LogP contribution is -2.31. The third-order valence-corrected chi connectivity index (χ3v) is 6.66. The van der Waals surface area contributed by atoms with Gasteiger partial charge in [-0.3, -0.25) is 0 Å². The molecule has 0 saturated carbocycles. The minimum Gasteiger partial charge on any atom is -0.480 e. The normalized spacial score (nSPS) is 13.1. The summed E-state index contributed by atoms with van der Waals surface area (Å²) in [6.45, 7) is 1.40. The first kappa shape index (κ1) is 41.0. The van der Waals surface area contributed by atoms with Crippen molar-refractivity contribution in [2.75, 3.05) is 12.5 Å². The molecule has 20 heteroatoms. The smallest absolute Gasteiger partial charge is 0.425 e. The number of aromatic carboxylic acids is 2. The standard InChI is InChI=1S/C11H11F3O5S.C8H7FO4S.C3H5F3O.H2S/c1-6(11(12,13)14)19-9-4-3-7(20(2,17)18)5-8(9)10(15)16;1-14(12,13)5-2-3-7(9)6(4-5)8(10)11;1-2(7)3(4,5)6;/h3-6H,1-2H3,(H,15,16);2-4H,1H3,(H,10,11);2,7H,1H3;1H2/t6-;;2-;/m0.0./s1. The van der Waals surface area contributed by atoms with E-state index in [2.05, 4.69) is 4.74 Å². The van der Waals surface area contributed by atoms with Gasteiger partial charge >= 0.3 is 24.3 Å². The summed E-state index contributed by atoms with van der Waals surface area (Å²) in [5, 5.41) is 25.2. The third-order valence-electron chi connectivity index (χ3n) is 4.44. The van der Waals surface area contributed by atoms with Gasteiger partial charge in [0, 0.05) is 12.5 Å². The summed E-state index contributed by atoms with van der Waals surface area (Å²) in [4.78, 5) is 20.9. The summed E-state index contributed by atoms with van der Waals surface area (Å²) in [7, 11) is -7.18. The van der Waals surface area contributed by atoms with Gasteiger partial charge in [0.2, 0.25) is 0 Å². The lowest BCUT2D eigenvalue weighted by Gasteiger charge is -2.19. The zero-order chi connectivity index (χ0) is 32.7. The maximum atomic E-state index is 12.8. The number of carbonyl (C=O) groups is 2. The molecular weight excluding hydrogens is 653 g/mol. The fourth-order valence-electron chi connectivity index (χ4n) is 2.17. The highest BCUT2D eigenvalue weighted by Crippen LogP contribution is 2.29. The molecule has 0 spiro atoms. The van der Waals surface area contributed by atoms with Crippen molar-refractivity contribution in [3.63, 3.8) is 0 Å². The van der Waals surface area contributed by atoms with Gasteiger partial charge in [0.25, 0.3) is 0 Å². The monoisotopic (exact) mass is 678 g/mol. The Balaban J connectivity index is 0. The predicted molar refractivity (Wildman–Crippen MR) is 137 cm³/mol. The van der Waals surface area contributed by atoms with Crippen LogP contribution in [0.15, 0.2) is 46.2 Å². The molecule has 0 unspecified atom stereocenters. The Morgan fingerprint density at radius 3 is 1.43 bits per heavy atom. The quantitative estimate of drug-likeness (QED) is 0.299. The zero-order valence-corrected chi connectivity index (χ0v) is 24.4. The lowest BCUT2D eigenvalue weighted by atomic mass is 10.2. The van der Waals surface area contributed by atoms with Crippen LogP contribution in [0.1, 0.15) is 34.6 Å².